The van der Waals surface area contributed by atoms with Gasteiger partial charge in [-0.3, -0.25) is 9.89 Å². The molecule has 0 bridgehead atoms. The number of H-pyrrole nitrogens is 1. The van der Waals surface area contributed by atoms with Gasteiger partial charge in [-0.1, -0.05) is 60.2 Å². The molecule has 4 aromatic rings. The van der Waals surface area contributed by atoms with E-state index in [-0.39, 0.29) is 5.91 Å². The van der Waals surface area contributed by atoms with Crippen LogP contribution in [0.2, 0.25) is 0 Å². The monoisotopic (exact) mass is 410 g/mol. The number of amides is 1. The first kappa shape index (κ1) is 20.1. The average Bonchev–Trinajstić information content (AvgIpc) is 3.30. The van der Waals surface area contributed by atoms with Crippen LogP contribution in [0.25, 0.3) is 11.3 Å². The molecule has 3 aromatic carbocycles. The van der Waals surface area contributed by atoms with Crippen molar-refractivity contribution in [2.24, 2.45) is 5.10 Å². The molecule has 4 rings (SSSR count). The first-order chi connectivity index (χ1) is 15.2. The Kier molecular flexibility index (Phi) is 6.18. The molecule has 31 heavy (non-hydrogen) atoms. The SMILES string of the molecule is Cc1ccc(COc2ccc(-c3cc(C(=O)N/N=C/c4ccccc4)[nH]n3)cc2)cc1. The van der Waals surface area contributed by atoms with Crippen LogP contribution in [0.4, 0.5) is 0 Å². The summed E-state index contributed by atoms with van der Waals surface area (Å²) in [6.45, 7) is 2.57. The summed E-state index contributed by atoms with van der Waals surface area (Å²) in [5.41, 5.74) is 7.62. The maximum atomic E-state index is 12.3. The van der Waals surface area contributed by atoms with E-state index in [1.807, 2.05) is 54.6 Å². The smallest absolute Gasteiger partial charge is 0.289 e. The van der Waals surface area contributed by atoms with Crippen molar-refractivity contribution in [3.05, 3.63) is 107 Å². The molecule has 6 heteroatoms. The molecule has 0 saturated heterocycles. The highest BCUT2D eigenvalue weighted by Gasteiger charge is 2.10. The minimum absolute atomic E-state index is 0.333. The summed E-state index contributed by atoms with van der Waals surface area (Å²) < 4.78 is 5.84. The number of nitrogens with one attached hydrogen (secondary N) is 2. The van der Waals surface area contributed by atoms with Crippen molar-refractivity contribution in [1.82, 2.24) is 15.6 Å². The van der Waals surface area contributed by atoms with Crippen LogP contribution in [0.15, 0.2) is 90.0 Å². The Hall–Kier alpha value is -4.19. The zero-order chi connectivity index (χ0) is 21.5. The van der Waals surface area contributed by atoms with Gasteiger partial charge in [0.05, 0.1) is 11.9 Å². The Labute approximate surface area is 180 Å². The standard InChI is InChI=1S/C25H22N4O2/c1-18-7-9-20(10-8-18)17-31-22-13-11-21(12-14-22)23-15-24(28-27-23)25(30)29-26-16-19-5-3-2-4-6-19/h2-16H,17H2,1H3,(H,27,28)(H,29,30)/b26-16+. The number of rotatable bonds is 7. The van der Waals surface area contributed by atoms with Gasteiger partial charge in [-0.05, 0) is 48.4 Å². The van der Waals surface area contributed by atoms with Crippen LogP contribution in [0.1, 0.15) is 27.2 Å². The van der Waals surface area contributed by atoms with E-state index in [9.17, 15) is 4.79 Å². The average molecular weight is 410 g/mol. The van der Waals surface area contributed by atoms with E-state index in [0.717, 1.165) is 22.4 Å². The molecule has 0 spiro atoms. The van der Waals surface area contributed by atoms with Gasteiger partial charge >= 0.3 is 0 Å². The molecule has 0 aliphatic heterocycles. The minimum Gasteiger partial charge on any atom is -0.489 e. The number of hydrogen-bond acceptors (Lipinski definition) is 4. The maximum Gasteiger partial charge on any atom is 0.289 e. The van der Waals surface area contributed by atoms with Gasteiger partial charge in [-0.25, -0.2) is 5.43 Å². The summed E-state index contributed by atoms with van der Waals surface area (Å²) in [5.74, 6) is 0.414. The largest absolute Gasteiger partial charge is 0.489 e. The molecule has 0 aliphatic rings. The zero-order valence-corrected chi connectivity index (χ0v) is 17.1. The van der Waals surface area contributed by atoms with Crippen LogP contribution in [-0.4, -0.2) is 22.3 Å². The fourth-order valence-corrected chi connectivity index (χ4v) is 2.92. The van der Waals surface area contributed by atoms with Crippen LogP contribution >= 0.6 is 0 Å². The predicted molar refractivity (Wildman–Crippen MR) is 121 cm³/mol. The number of aryl methyl sites for hydroxylation is 1. The van der Waals surface area contributed by atoms with Crippen LogP contribution in [0, 0.1) is 6.92 Å². The van der Waals surface area contributed by atoms with Gasteiger partial charge in [0.15, 0.2) is 0 Å². The number of nitrogens with zero attached hydrogens (tertiary/aromatic N) is 2. The van der Waals surface area contributed by atoms with Gasteiger partial charge in [0, 0.05) is 5.56 Å². The lowest BCUT2D eigenvalue weighted by atomic mass is 10.1. The lowest BCUT2D eigenvalue weighted by Gasteiger charge is -2.07. The molecule has 0 unspecified atom stereocenters. The first-order valence-electron chi connectivity index (χ1n) is 9.90. The Morgan fingerprint density at radius 2 is 1.77 bits per heavy atom. The number of carbonyl (C=O) groups is 1. The second-order valence-electron chi connectivity index (χ2n) is 7.08. The molecule has 1 amide bonds. The van der Waals surface area contributed by atoms with Crippen LogP contribution in [-0.2, 0) is 6.61 Å². The number of carbonyl (C=O) groups excluding carboxylic acids is 1. The molecule has 1 heterocycles. The molecule has 6 nitrogen and oxygen atoms in total. The maximum absolute atomic E-state index is 12.3. The van der Waals surface area contributed by atoms with E-state index in [1.54, 1.807) is 12.3 Å². The van der Waals surface area contributed by atoms with Crippen LogP contribution in [0.5, 0.6) is 5.75 Å². The third-order valence-corrected chi connectivity index (χ3v) is 4.68. The fraction of sp³-hybridized carbons (Fsp3) is 0.0800. The van der Waals surface area contributed by atoms with E-state index < -0.39 is 0 Å². The van der Waals surface area contributed by atoms with Crippen molar-refractivity contribution < 1.29 is 9.53 Å². The van der Waals surface area contributed by atoms with Gasteiger partial charge < -0.3 is 4.74 Å². The highest BCUT2D eigenvalue weighted by molar-refractivity contribution is 5.94. The molecule has 2 N–H and O–H groups in total. The number of benzene rings is 3. The van der Waals surface area contributed by atoms with Gasteiger partial charge in [0.25, 0.3) is 5.91 Å². The second-order valence-corrected chi connectivity index (χ2v) is 7.08. The number of aromatic amines is 1. The summed E-state index contributed by atoms with van der Waals surface area (Å²) in [4.78, 5) is 12.3. The lowest BCUT2D eigenvalue weighted by Crippen LogP contribution is -2.17. The van der Waals surface area contributed by atoms with Gasteiger partial charge in [0.1, 0.15) is 18.1 Å². The Morgan fingerprint density at radius 1 is 1.03 bits per heavy atom. The number of ether oxygens (including phenoxy) is 1. The predicted octanol–water partition coefficient (Wildman–Crippen LogP) is 4.73. The highest BCUT2D eigenvalue weighted by atomic mass is 16.5. The van der Waals surface area contributed by atoms with Crippen molar-refractivity contribution in [2.45, 2.75) is 13.5 Å². The Balaban J connectivity index is 1.34. The van der Waals surface area contributed by atoms with E-state index in [4.69, 9.17) is 4.74 Å². The van der Waals surface area contributed by atoms with E-state index >= 15 is 0 Å². The van der Waals surface area contributed by atoms with Crippen molar-refractivity contribution in [2.75, 3.05) is 0 Å². The summed E-state index contributed by atoms with van der Waals surface area (Å²) >= 11 is 0. The van der Waals surface area contributed by atoms with Crippen molar-refractivity contribution >= 4 is 12.1 Å². The molecule has 0 aliphatic carbocycles. The minimum atomic E-state index is -0.357. The number of aromatic nitrogens is 2. The molecule has 0 fully saturated rings. The van der Waals surface area contributed by atoms with Crippen LogP contribution < -0.4 is 10.2 Å². The van der Waals surface area contributed by atoms with Gasteiger partial charge in [0.2, 0.25) is 0 Å². The summed E-state index contributed by atoms with van der Waals surface area (Å²) in [7, 11) is 0. The summed E-state index contributed by atoms with van der Waals surface area (Å²) in [6, 6.07) is 27.1. The zero-order valence-electron chi connectivity index (χ0n) is 17.1. The van der Waals surface area contributed by atoms with Crippen molar-refractivity contribution in [3.63, 3.8) is 0 Å². The quantitative estimate of drug-likeness (QED) is 0.342. The molecular formula is C25H22N4O2. The van der Waals surface area contributed by atoms with Crippen LogP contribution in [0.3, 0.4) is 0 Å². The summed E-state index contributed by atoms with van der Waals surface area (Å²) in [6.07, 6.45) is 1.59. The van der Waals surface area contributed by atoms with E-state index in [1.165, 1.54) is 5.56 Å². The topological polar surface area (TPSA) is 79.4 Å². The summed E-state index contributed by atoms with van der Waals surface area (Å²) in [5, 5.41) is 11.0. The molecule has 0 radical (unpaired) electrons. The third-order valence-electron chi connectivity index (χ3n) is 4.68. The number of hydrazone groups is 1. The molecule has 0 atom stereocenters. The molecule has 1 aromatic heterocycles. The Bertz CT molecular complexity index is 1160. The number of hydrogen-bond donors (Lipinski definition) is 2. The van der Waals surface area contributed by atoms with Gasteiger partial charge in [-0.15, -0.1) is 0 Å². The normalized spacial score (nSPS) is 10.9. The lowest BCUT2D eigenvalue weighted by molar-refractivity contribution is 0.0950. The van der Waals surface area contributed by atoms with Crippen molar-refractivity contribution in [3.8, 4) is 17.0 Å². The molecule has 0 saturated carbocycles. The molecular weight excluding hydrogens is 388 g/mol. The second kappa shape index (κ2) is 9.54. The van der Waals surface area contributed by atoms with Crippen molar-refractivity contribution in [1.29, 1.82) is 0 Å². The highest BCUT2D eigenvalue weighted by Crippen LogP contribution is 2.22. The Morgan fingerprint density at radius 3 is 2.52 bits per heavy atom. The fourth-order valence-electron chi connectivity index (χ4n) is 2.92. The van der Waals surface area contributed by atoms with E-state index in [0.29, 0.717) is 18.0 Å². The van der Waals surface area contributed by atoms with Gasteiger partial charge in [-0.2, -0.15) is 10.2 Å². The van der Waals surface area contributed by atoms with E-state index in [2.05, 4.69) is 51.9 Å². The first-order valence-corrected chi connectivity index (χ1v) is 9.90. The molecule has 154 valence electrons. The third kappa shape index (κ3) is 5.45.